The number of nitrogens with one attached hydrogen (secondary N) is 1. The number of rotatable bonds is 9. The first-order chi connectivity index (χ1) is 20.6. The first kappa shape index (κ1) is 29.4. The molecule has 5 rings (SSSR count). The number of hydrogen-bond donors (Lipinski definition) is 1. The van der Waals surface area contributed by atoms with Gasteiger partial charge in [-0.3, -0.25) is 14.3 Å². The van der Waals surface area contributed by atoms with Gasteiger partial charge in [-0.15, -0.1) is 0 Å². The van der Waals surface area contributed by atoms with Crippen LogP contribution in [0.5, 0.6) is 5.75 Å². The second-order valence-corrected chi connectivity index (χ2v) is 10.5. The van der Waals surface area contributed by atoms with Crippen molar-refractivity contribution in [2.24, 2.45) is 0 Å². The normalized spacial score (nSPS) is 14.8. The van der Waals surface area contributed by atoms with Crippen LogP contribution in [0.25, 0.3) is 0 Å². The van der Waals surface area contributed by atoms with Crippen LogP contribution in [0, 0.1) is 11.3 Å². The number of halogens is 2. The fourth-order valence-electron chi connectivity index (χ4n) is 4.92. The summed E-state index contributed by atoms with van der Waals surface area (Å²) >= 11 is 0. The van der Waals surface area contributed by atoms with Gasteiger partial charge < -0.3 is 19.9 Å². The summed E-state index contributed by atoms with van der Waals surface area (Å²) in [4.78, 5) is 30.3. The number of ether oxygens (including phenoxy) is 1. The van der Waals surface area contributed by atoms with E-state index in [1.807, 2.05) is 25.9 Å². The SMILES string of the molecule is C[C@H]1Cn2ncc(NC(=O)c3ccc(OCCN(C)C)c(C#N)c3)c2C(=O)N1c1ccc(C(F)(F)c2ccccc2)cc1. The summed E-state index contributed by atoms with van der Waals surface area (Å²) < 4.78 is 37.4. The molecule has 0 fully saturated rings. The van der Waals surface area contributed by atoms with E-state index < -0.39 is 17.7 Å². The van der Waals surface area contributed by atoms with Gasteiger partial charge in [0.25, 0.3) is 17.7 Å². The standard InChI is InChI=1S/C32H30F2N6O3/c1-21-20-39-29(31(42)40(21)26-12-10-25(11-13-26)32(33,34)24-7-5-4-6-8-24)27(19-36-39)37-30(41)22-9-14-28(23(17-22)18-35)43-16-15-38(2)3/h4-14,17,19,21H,15-16,20H2,1-3H3,(H,37,41)/t21-/m0/s1. The minimum Gasteiger partial charge on any atom is -0.491 e. The van der Waals surface area contributed by atoms with Gasteiger partial charge in [-0.25, -0.2) is 0 Å². The van der Waals surface area contributed by atoms with E-state index in [2.05, 4.69) is 16.5 Å². The number of nitriles is 1. The van der Waals surface area contributed by atoms with Crippen molar-refractivity contribution >= 4 is 23.2 Å². The molecule has 43 heavy (non-hydrogen) atoms. The zero-order valence-electron chi connectivity index (χ0n) is 23.9. The molecule has 1 N–H and O–H groups in total. The summed E-state index contributed by atoms with van der Waals surface area (Å²) in [6.45, 7) is 3.20. The van der Waals surface area contributed by atoms with E-state index in [-0.39, 0.29) is 39.7 Å². The van der Waals surface area contributed by atoms with Crippen LogP contribution in [0.15, 0.2) is 79.0 Å². The zero-order chi connectivity index (χ0) is 30.7. The number of carbonyl (C=O) groups is 2. The smallest absolute Gasteiger partial charge is 0.298 e. The molecule has 1 aliphatic heterocycles. The van der Waals surface area contributed by atoms with Crippen molar-refractivity contribution in [1.29, 1.82) is 5.26 Å². The number of nitrogens with zero attached hydrogens (tertiary/aromatic N) is 5. The third kappa shape index (κ3) is 5.96. The monoisotopic (exact) mass is 584 g/mol. The second-order valence-electron chi connectivity index (χ2n) is 10.5. The van der Waals surface area contributed by atoms with Gasteiger partial charge in [-0.2, -0.15) is 19.1 Å². The molecule has 9 nitrogen and oxygen atoms in total. The quantitative estimate of drug-likeness (QED) is 0.292. The van der Waals surface area contributed by atoms with Crippen LogP contribution in [-0.2, 0) is 12.5 Å². The van der Waals surface area contributed by atoms with E-state index in [0.29, 0.717) is 31.1 Å². The van der Waals surface area contributed by atoms with Crippen LogP contribution >= 0.6 is 0 Å². The topological polar surface area (TPSA) is 103 Å². The van der Waals surface area contributed by atoms with Crippen molar-refractivity contribution in [1.82, 2.24) is 14.7 Å². The maximum atomic E-state index is 15.1. The van der Waals surface area contributed by atoms with E-state index in [1.165, 1.54) is 58.2 Å². The third-order valence-electron chi connectivity index (χ3n) is 7.19. The Morgan fingerprint density at radius 1 is 1.12 bits per heavy atom. The van der Waals surface area contributed by atoms with E-state index >= 15 is 8.78 Å². The summed E-state index contributed by atoms with van der Waals surface area (Å²) in [5, 5.41) is 16.6. The van der Waals surface area contributed by atoms with Crippen molar-refractivity contribution < 1.29 is 23.1 Å². The number of aromatic nitrogens is 2. The molecule has 0 spiro atoms. The van der Waals surface area contributed by atoms with Gasteiger partial charge in [0.2, 0.25) is 0 Å². The Bertz CT molecular complexity index is 1680. The second kappa shape index (κ2) is 12.0. The molecule has 0 saturated heterocycles. The summed E-state index contributed by atoms with van der Waals surface area (Å²) in [6, 6.07) is 19.4. The predicted molar refractivity (Wildman–Crippen MR) is 158 cm³/mol. The van der Waals surface area contributed by atoms with E-state index in [9.17, 15) is 14.9 Å². The lowest BCUT2D eigenvalue weighted by Gasteiger charge is -2.34. The van der Waals surface area contributed by atoms with E-state index in [1.54, 1.807) is 30.3 Å². The number of fused-ring (bicyclic) bond motifs is 1. The van der Waals surface area contributed by atoms with Crippen LogP contribution in [0.4, 0.5) is 20.2 Å². The Hall–Kier alpha value is -5.08. The van der Waals surface area contributed by atoms with Gasteiger partial charge in [-0.05, 0) is 51.4 Å². The largest absolute Gasteiger partial charge is 0.491 e. The molecule has 0 bridgehead atoms. The Balaban J connectivity index is 1.35. The number of likely N-dealkylation sites (N-methyl/N-ethyl adjacent to an activating group) is 1. The summed E-state index contributed by atoms with van der Waals surface area (Å²) in [5.41, 5.74) is 0.906. The van der Waals surface area contributed by atoms with Gasteiger partial charge in [-0.1, -0.05) is 42.5 Å². The minimum atomic E-state index is -3.20. The molecule has 3 aromatic carbocycles. The number of amides is 2. The molecule has 0 aliphatic carbocycles. The Kier molecular flexibility index (Phi) is 8.23. The molecule has 0 radical (unpaired) electrons. The molecule has 220 valence electrons. The van der Waals surface area contributed by atoms with Crippen molar-refractivity contribution in [3.05, 3.63) is 107 Å². The van der Waals surface area contributed by atoms with Gasteiger partial charge >= 0.3 is 0 Å². The number of anilines is 2. The minimum absolute atomic E-state index is 0.122. The van der Waals surface area contributed by atoms with Crippen LogP contribution < -0.4 is 15.0 Å². The number of hydrogen-bond acceptors (Lipinski definition) is 6. The zero-order valence-corrected chi connectivity index (χ0v) is 23.9. The molecule has 11 heteroatoms. The summed E-state index contributed by atoms with van der Waals surface area (Å²) in [7, 11) is 3.82. The molecule has 2 amide bonds. The van der Waals surface area contributed by atoms with Crippen LogP contribution in [0.3, 0.4) is 0 Å². The van der Waals surface area contributed by atoms with E-state index in [4.69, 9.17) is 4.74 Å². The molecule has 0 saturated carbocycles. The third-order valence-corrected chi connectivity index (χ3v) is 7.19. The van der Waals surface area contributed by atoms with Crippen molar-refractivity contribution in [2.45, 2.75) is 25.4 Å². The maximum Gasteiger partial charge on any atom is 0.298 e. The average molecular weight is 585 g/mol. The lowest BCUT2D eigenvalue weighted by atomic mass is 9.99. The predicted octanol–water partition coefficient (Wildman–Crippen LogP) is 5.14. The Labute approximate surface area is 247 Å². The molecule has 0 unspecified atom stereocenters. The van der Waals surface area contributed by atoms with Crippen molar-refractivity contribution in [3.8, 4) is 11.8 Å². The van der Waals surface area contributed by atoms with Crippen molar-refractivity contribution in [3.63, 3.8) is 0 Å². The first-order valence-corrected chi connectivity index (χ1v) is 13.7. The van der Waals surface area contributed by atoms with Gasteiger partial charge in [0.15, 0.2) is 0 Å². The van der Waals surface area contributed by atoms with Crippen LogP contribution in [0.1, 0.15) is 44.5 Å². The van der Waals surface area contributed by atoms with Gasteiger partial charge in [0, 0.05) is 28.9 Å². The molecule has 1 atom stereocenters. The fourth-order valence-corrected chi connectivity index (χ4v) is 4.92. The van der Waals surface area contributed by atoms with Gasteiger partial charge in [0.05, 0.1) is 30.0 Å². The molecule has 4 aromatic rings. The summed E-state index contributed by atoms with van der Waals surface area (Å²) in [6.07, 6.45) is 1.40. The fraction of sp³-hybridized carbons (Fsp3) is 0.250. The number of alkyl halides is 2. The highest BCUT2D eigenvalue weighted by molar-refractivity contribution is 6.13. The highest BCUT2D eigenvalue weighted by Crippen LogP contribution is 2.37. The molecular weight excluding hydrogens is 554 g/mol. The lowest BCUT2D eigenvalue weighted by molar-refractivity contribution is 0.0428. The highest BCUT2D eigenvalue weighted by atomic mass is 19.3. The maximum absolute atomic E-state index is 15.1. The Morgan fingerprint density at radius 2 is 1.81 bits per heavy atom. The van der Waals surface area contributed by atoms with Gasteiger partial charge in [0.1, 0.15) is 24.1 Å². The average Bonchev–Trinajstić information content (AvgIpc) is 3.40. The lowest BCUT2D eigenvalue weighted by Crippen LogP contribution is -2.47. The first-order valence-electron chi connectivity index (χ1n) is 13.7. The van der Waals surface area contributed by atoms with Crippen molar-refractivity contribution in [2.75, 3.05) is 37.5 Å². The van der Waals surface area contributed by atoms with E-state index in [0.717, 1.165) is 0 Å². The van der Waals surface area contributed by atoms with Crippen LogP contribution in [0.2, 0.25) is 0 Å². The highest BCUT2D eigenvalue weighted by Gasteiger charge is 2.37. The summed E-state index contributed by atoms with van der Waals surface area (Å²) in [5.74, 6) is -3.79. The molecule has 2 heterocycles. The number of benzene rings is 3. The molecule has 1 aromatic heterocycles. The Morgan fingerprint density at radius 3 is 2.49 bits per heavy atom. The number of carbonyl (C=O) groups excluding carboxylic acids is 2. The van der Waals surface area contributed by atoms with Crippen LogP contribution in [-0.4, -0.2) is 59.8 Å². The molecule has 1 aliphatic rings. The molecular formula is C32H30F2N6O3.